The van der Waals surface area contributed by atoms with Gasteiger partial charge in [-0.05, 0) is 42.2 Å². The fraction of sp³-hybridized carbons (Fsp3) is 0.588. The minimum absolute atomic E-state index is 0.0892. The van der Waals surface area contributed by atoms with Crippen molar-refractivity contribution < 1.29 is 9.53 Å². The van der Waals surface area contributed by atoms with Gasteiger partial charge in [-0.1, -0.05) is 38.1 Å². The number of benzene rings is 1. The summed E-state index contributed by atoms with van der Waals surface area (Å²) in [4.78, 5) is 12.1. The van der Waals surface area contributed by atoms with E-state index in [2.05, 4.69) is 13.8 Å². The van der Waals surface area contributed by atoms with Gasteiger partial charge in [-0.25, -0.2) is 0 Å². The van der Waals surface area contributed by atoms with Gasteiger partial charge in [0.2, 0.25) is 0 Å². The van der Waals surface area contributed by atoms with Crippen LogP contribution in [0, 0.1) is 11.8 Å². The number of rotatable bonds is 4. The summed E-state index contributed by atoms with van der Waals surface area (Å²) < 4.78 is 5.66. The van der Waals surface area contributed by atoms with Crippen LogP contribution in [0.15, 0.2) is 24.3 Å². The molecule has 0 heterocycles. The van der Waals surface area contributed by atoms with Crippen LogP contribution in [0.1, 0.15) is 44.2 Å². The van der Waals surface area contributed by atoms with Crippen molar-refractivity contribution in [1.29, 1.82) is 0 Å². The van der Waals surface area contributed by atoms with Crippen molar-refractivity contribution >= 4 is 5.97 Å². The van der Waals surface area contributed by atoms with E-state index < -0.39 is 0 Å². The first kappa shape index (κ1) is 15.0. The molecular weight excluding hydrogens is 250 g/mol. The van der Waals surface area contributed by atoms with Crippen molar-refractivity contribution in [3.8, 4) is 0 Å². The van der Waals surface area contributed by atoms with E-state index in [9.17, 15) is 4.79 Å². The smallest absolute Gasteiger partial charge is 0.310 e. The summed E-state index contributed by atoms with van der Waals surface area (Å²) in [7, 11) is 0. The molecule has 0 spiro atoms. The standard InChI is InChI=1S/C17H25NO2/c1-12-7-13(2)9-16(8-12)20-17(19)10-14-5-3-4-6-15(14)11-18/h3-6,12-13,16H,7-11,18H2,1-2H3. The van der Waals surface area contributed by atoms with Crippen LogP contribution in [0.3, 0.4) is 0 Å². The molecule has 2 unspecified atom stereocenters. The number of esters is 1. The van der Waals surface area contributed by atoms with E-state index in [1.165, 1.54) is 6.42 Å². The van der Waals surface area contributed by atoms with Crippen LogP contribution in [-0.2, 0) is 22.5 Å². The molecule has 0 aliphatic heterocycles. The Labute approximate surface area is 121 Å². The number of carbonyl (C=O) groups is 1. The average molecular weight is 275 g/mol. The van der Waals surface area contributed by atoms with Crippen LogP contribution in [-0.4, -0.2) is 12.1 Å². The maximum Gasteiger partial charge on any atom is 0.310 e. The third-order valence-electron chi connectivity index (χ3n) is 4.11. The second-order valence-electron chi connectivity index (χ2n) is 6.18. The molecule has 3 nitrogen and oxygen atoms in total. The van der Waals surface area contributed by atoms with Gasteiger partial charge in [0.15, 0.2) is 0 Å². The molecule has 0 amide bonds. The predicted molar refractivity (Wildman–Crippen MR) is 80.1 cm³/mol. The Morgan fingerprint density at radius 2 is 1.75 bits per heavy atom. The van der Waals surface area contributed by atoms with Gasteiger partial charge >= 0.3 is 5.97 Å². The van der Waals surface area contributed by atoms with Gasteiger partial charge in [0.05, 0.1) is 6.42 Å². The number of nitrogens with two attached hydrogens (primary N) is 1. The minimum Gasteiger partial charge on any atom is -0.462 e. The Morgan fingerprint density at radius 3 is 2.35 bits per heavy atom. The molecule has 3 heteroatoms. The molecule has 0 radical (unpaired) electrons. The first-order valence-electron chi connectivity index (χ1n) is 7.54. The molecule has 2 rings (SSSR count). The Hall–Kier alpha value is -1.35. The maximum atomic E-state index is 12.1. The number of hydrogen-bond acceptors (Lipinski definition) is 3. The quantitative estimate of drug-likeness (QED) is 0.859. The highest BCUT2D eigenvalue weighted by Gasteiger charge is 2.26. The van der Waals surface area contributed by atoms with Crippen LogP contribution < -0.4 is 5.73 Å². The topological polar surface area (TPSA) is 52.3 Å². The third kappa shape index (κ3) is 4.07. The van der Waals surface area contributed by atoms with Crippen molar-refractivity contribution in [2.75, 3.05) is 0 Å². The van der Waals surface area contributed by atoms with Crippen molar-refractivity contribution in [1.82, 2.24) is 0 Å². The summed E-state index contributed by atoms with van der Waals surface area (Å²) in [6, 6.07) is 7.80. The van der Waals surface area contributed by atoms with Gasteiger partial charge in [0, 0.05) is 6.54 Å². The Morgan fingerprint density at radius 1 is 1.15 bits per heavy atom. The molecule has 110 valence electrons. The first-order chi connectivity index (χ1) is 9.58. The fourth-order valence-electron chi connectivity index (χ4n) is 3.28. The lowest BCUT2D eigenvalue weighted by atomic mass is 9.82. The molecule has 1 aromatic carbocycles. The van der Waals surface area contributed by atoms with Crippen LogP contribution in [0.4, 0.5) is 0 Å². The molecule has 2 N–H and O–H groups in total. The highest BCUT2D eigenvalue weighted by atomic mass is 16.5. The zero-order valence-corrected chi connectivity index (χ0v) is 12.5. The first-order valence-corrected chi connectivity index (χ1v) is 7.54. The van der Waals surface area contributed by atoms with Gasteiger partial charge in [-0.15, -0.1) is 0 Å². The normalized spacial score (nSPS) is 26.2. The molecule has 0 bridgehead atoms. The highest BCUT2D eigenvalue weighted by molar-refractivity contribution is 5.73. The number of carbonyl (C=O) groups excluding carboxylic acids is 1. The lowest BCUT2D eigenvalue weighted by Crippen LogP contribution is -2.29. The zero-order chi connectivity index (χ0) is 14.5. The van der Waals surface area contributed by atoms with E-state index in [-0.39, 0.29) is 12.1 Å². The van der Waals surface area contributed by atoms with E-state index in [0.29, 0.717) is 24.8 Å². The van der Waals surface area contributed by atoms with Crippen LogP contribution in [0.25, 0.3) is 0 Å². The summed E-state index contributed by atoms with van der Waals surface area (Å²) in [6.45, 7) is 4.93. The van der Waals surface area contributed by atoms with Gasteiger partial charge in [0.25, 0.3) is 0 Å². The summed E-state index contributed by atoms with van der Waals surface area (Å²) >= 11 is 0. The van der Waals surface area contributed by atoms with E-state index in [1.54, 1.807) is 0 Å². The largest absolute Gasteiger partial charge is 0.462 e. The molecular formula is C17H25NO2. The van der Waals surface area contributed by atoms with Gasteiger partial charge in [-0.2, -0.15) is 0 Å². The SMILES string of the molecule is CC1CC(C)CC(OC(=O)Cc2ccccc2CN)C1. The molecule has 1 aromatic rings. The van der Waals surface area contributed by atoms with Gasteiger partial charge in [0.1, 0.15) is 6.10 Å². The van der Waals surface area contributed by atoms with Crippen molar-refractivity contribution in [3.05, 3.63) is 35.4 Å². The van der Waals surface area contributed by atoms with E-state index in [0.717, 1.165) is 24.0 Å². The molecule has 20 heavy (non-hydrogen) atoms. The summed E-state index contributed by atoms with van der Waals surface area (Å²) in [5.74, 6) is 1.16. The highest BCUT2D eigenvalue weighted by Crippen LogP contribution is 2.30. The van der Waals surface area contributed by atoms with Crippen molar-refractivity contribution in [2.45, 2.75) is 52.2 Å². The summed E-state index contributed by atoms with van der Waals surface area (Å²) in [5, 5.41) is 0. The monoisotopic (exact) mass is 275 g/mol. The molecule has 2 atom stereocenters. The third-order valence-corrected chi connectivity index (χ3v) is 4.11. The number of hydrogen-bond donors (Lipinski definition) is 1. The van der Waals surface area contributed by atoms with E-state index in [4.69, 9.17) is 10.5 Å². The Kier molecular flexibility index (Phi) is 5.18. The summed E-state index contributed by atoms with van der Waals surface area (Å²) in [6.07, 6.45) is 3.64. The summed E-state index contributed by atoms with van der Waals surface area (Å²) in [5.41, 5.74) is 7.70. The average Bonchev–Trinajstić information content (AvgIpc) is 2.37. The minimum atomic E-state index is -0.128. The molecule has 0 aromatic heterocycles. The molecule has 1 fully saturated rings. The maximum absolute atomic E-state index is 12.1. The second-order valence-corrected chi connectivity index (χ2v) is 6.18. The zero-order valence-electron chi connectivity index (χ0n) is 12.5. The fourth-order valence-corrected chi connectivity index (χ4v) is 3.28. The van der Waals surface area contributed by atoms with Crippen LogP contribution in [0.2, 0.25) is 0 Å². The Balaban J connectivity index is 1.92. The molecule has 1 aliphatic carbocycles. The van der Waals surface area contributed by atoms with Crippen molar-refractivity contribution in [2.24, 2.45) is 17.6 Å². The van der Waals surface area contributed by atoms with Gasteiger partial charge < -0.3 is 10.5 Å². The Bertz CT molecular complexity index is 448. The van der Waals surface area contributed by atoms with Crippen LogP contribution in [0.5, 0.6) is 0 Å². The number of ether oxygens (including phenoxy) is 1. The van der Waals surface area contributed by atoms with Gasteiger partial charge in [-0.3, -0.25) is 4.79 Å². The predicted octanol–water partition coefficient (Wildman–Crippen LogP) is 3.06. The van der Waals surface area contributed by atoms with Crippen LogP contribution >= 0.6 is 0 Å². The molecule has 0 saturated heterocycles. The molecule has 1 saturated carbocycles. The lowest BCUT2D eigenvalue weighted by molar-refractivity contribution is -0.151. The second kappa shape index (κ2) is 6.89. The van der Waals surface area contributed by atoms with Crippen molar-refractivity contribution in [3.63, 3.8) is 0 Å². The van der Waals surface area contributed by atoms with E-state index >= 15 is 0 Å². The molecule has 1 aliphatic rings. The lowest BCUT2D eigenvalue weighted by Gasteiger charge is -2.31. The van der Waals surface area contributed by atoms with E-state index in [1.807, 2.05) is 24.3 Å².